The van der Waals surface area contributed by atoms with Crippen molar-refractivity contribution in [3.8, 4) is 0 Å². The van der Waals surface area contributed by atoms with Crippen LogP contribution in [0.5, 0.6) is 0 Å². The normalized spacial score (nSPS) is 34.6. The molecule has 2 aliphatic carbocycles. The van der Waals surface area contributed by atoms with Gasteiger partial charge >= 0.3 is 0 Å². The molecule has 0 radical (unpaired) electrons. The maximum atomic E-state index is 11.3. The smallest absolute Gasteiger partial charge is 0.0963 e. The van der Waals surface area contributed by atoms with Gasteiger partial charge < -0.3 is 5.11 Å². The number of rotatable bonds is 1. The summed E-state index contributed by atoms with van der Waals surface area (Å²) < 4.78 is 0. The minimum absolute atomic E-state index is 0.208. The molecule has 1 heteroatoms. The summed E-state index contributed by atoms with van der Waals surface area (Å²) >= 11 is 0. The summed E-state index contributed by atoms with van der Waals surface area (Å²) in [6.07, 6.45) is 6.29. The van der Waals surface area contributed by atoms with E-state index < -0.39 is 5.60 Å². The van der Waals surface area contributed by atoms with Gasteiger partial charge in [0.15, 0.2) is 0 Å². The first kappa shape index (κ1) is 12.7. The lowest BCUT2D eigenvalue weighted by atomic mass is 9.60. The highest BCUT2D eigenvalue weighted by Crippen LogP contribution is 2.51. The van der Waals surface area contributed by atoms with Crippen molar-refractivity contribution < 1.29 is 5.11 Å². The van der Waals surface area contributed by atoms with E-state index in [-0.39, 0.29) is 11.8 Å². The first-order valence-corrected chi connectivity index (χ1v) is 7.24. The minimum atomic E-state index is -0.723. The number of benzene rings is 1. The Kier molecular flexibility index (Phi) is 3.10. The van der Waals surface area contributed by atoms with Gasteiger partial charge in [-0.05, 0) is 38.2 Å². The van der Waals surface area contributed by atoms with Crippen LogP contribution in [0.25, 0.3) is 0 Å². The fraction of sp³-hybridized carbons (Fsp3) is 0.444. The number of hydrogen-bond donors (Lipinski definition) is 1. The van der Waals surface area contributed by atoms with E-state index in [1.54, 1.807) is 0 Å². The van der Waals surface area contributed by atoms with Crippen LogP contribution in [0, 0.1) is 5.92 Å². The van der Waals surface area contributed by atoms with Crippen molar-refractivity contribution >= 4 is 0 Å². The molecule has 1 saturated carbocycles. The zero-order valence-electron chi connectivity index (χ0n) is 11.6. The molecular formula is C18H22O. The quantitative estimate of drug-likeness (QED) is 0.744. The van der Waals surface area contributed by atoms with Crippen LogP contribution in [0.15, 0.2) is 54.1 Å². The molecule has 19 heavy (non-hydrogen) atoms. The maximum absolute atomic E-state index is 11.3. The fourth-order valence-electron chi connectivity index (χ4n) is 3.90. The van der Waals surface area contributed by atoms with Crippen molar-refractivity contribution in [2.24, 2.45) is 5.92 Å². The van der Waals surface area contributed by atoms with Gasteiger partial charge in [0.05, 0.1) is 5.60 Å². The van der Waals surface area contributed by atoms with Crippen molar-refractivity contribution in [1.82, 2.24) is 0 Å². The summed E-state index contributed by atoms with van der Waals surface area (Å²) in [5, 5.41) is 11.3. The molecule has 1 fully saturated rings. The van der Waals surface area contributed by atoms with Gasteiger partial charge in [0.2, 0.25) is 0 Å². The second-order valence-electron chi connectivity index (χ2n) is 6.13. The molecule has 0 amide bonds. The Balaban J connectivity index is 2.05. The lowest BCUT2D eigenvalue weighted by Gasteiger charge is -2.48. The average molecular weight is 254 g/mol. The summed E-state index contributed by atoms with van der Waals surface area (Å²) in [6.45, 7) is 6.34. The van der Waals surface area contributed by atoms with E-state index in [2.05, 4.69) is 43.8 Å². The van der Waals surface area contributed by atoms with Crippen molar-refractivity contribution in [3.05, 3.63) is 59.7 Å². The molecule has 1 aromatic rings. The second-order valence-corrected chi connectivity index (χ2v) is 6.13. The van der Waals surface area contributed by atoms with E-state index in [1.165, 1.54) is 16.7 Å². The van der Waals surface area contributed by atoms with Gasteiger partial charge in [-0.3, -0.25) is 0 Å². The number of hydrogen-bond acceptors (Lipinski definition) is 1. The van der Waals surface area contributed by atoms with Crippen LogP contribution in [-0.2, 0) is 0 Å². The lowest BCUT2D eigenvalue weighted by Crippen LogP contribution is -2.47. The Morgan fingerprint density at radius 2 is 1.79 bits per heavy atom. The van der Waals surface area contributed by atoms with Gasteiger partial charge in [-0.2, -0.15) is 0 Å². The standard InChI is InChI=1S/C18H22O/c1-13-8-10-16-14(2)9-11-17(18(16,19)12-13)15-6-4-3-5-7-15/h3-7,12,16-17,19H,2,8-11H2,1H3/t16-,17-,18-/m1/s1. The SMILES string of the molecule is C=C1CC[C@H](c2ccccc2)[C@@]2(O)C=C(C)CC[C@H]12. The van der Waals surface area contributed by atoms with E-state index in [1.807, 2.05) is 6.07 Å². The molecule has 1 nitrogen and oxygen atoms in total. The molecule has 0 saturated heterocycles. The molecule has 1 N–H and O–H groups in total. The molecule has 100 valence electrons. The third-order valence-corrected chi connectivity index (χ3v) is 4.87. The monoisotopic (exact) mass is 254 g/mol. The predicted molar refractivity (Wildman–Crippen MR) is 79.0 cm³/mol. The highest BCUT2D eigenvalue weighted by molar-refractivity contribution is 5.35. The molecule has 3 rings (SSSR count). The van der Waals surface area contributed by atoms with E-state index in [4.69, 9.17) is 0 Å². The van der Waals surface area contributed by atoms with Crippen LogP contribution < -0.4 is 0 Å². The van der Waals surface area contributed by atoms with E-state index >= 15 is 0 Å². The minimum Gasteiger partial charge on any atom is -0.385 e. The van der Waals surface area contributed by atoms with Crippen LogP contribution >= 0.6 is 0 Å². The van der Waals surface area contributed by atoms with Crippen LogP contribution in [0.4, 0.5) is 0 Å². The van der Waals surface area contributed by atoms with Crippen molar-refractivity contribution in [2.45, 2.75) is 44.1 Å². The fourth-order valence-corrected chi connectivity index (χ4v) is 3.90. The molecular weight excluding hydrogens is 232 g/mol. The van der Waals surface area contributed by atoms with E-state index in [0.717, 1.165) is 25.7 Å². The number of allylic oxidation sites excluding steroid dienone is 1. The zero-order valence-corrected chi connectivity index (χ0v) is 11.6. The zero-order chi connectivity index (χ0) is 13.5. The summed E-state index contributed by atoms with van der Waals surface area (Å²) in [6, 6.07) is 10.5. The molecule has 0 bridgehead atoms. The molecule has 0 spiro atoms. The van der Waals surface area contributed by atoms with E-state index in [9.17, 15) is 5.11 Å². The van der Waals surface area contributed by atoms with Gasteiger partial charge in [-0.25, -0.2) is 0 Å². The Labute approximate surface area is 115 Å². The van der Waals surface area contributed by atoms with E-state index in [0.29, 0.717) is 0 Å². The van der Waals surface area contributed by atoms with Crippen molar-refractivity contribution in [2.75, 3.05) is 0 Å². The highest BCUT2D eigenvalue weighted by atomic mass is 16.3. The lowest BCUT2D eigenvalue weighted by molar-refractivity contribution is -0.0101. The van der Waals surface area contributed by atoms with Crippen molar-refractivity contribution in [1.29, 1.82) is 0 Å². The first-order chi connectivity index (χ1) is 9.11. The summed E-state index contributed by atoms with van der Waals surface area (Å²) in [5.74, 6) is 0.439. The molecule has 3 atom stereocenters. The van der Waals surface area contributed by atoms with Gasteiger partial charge in [-0.15, -0.1) is 0 Å². The third kappa shape index (κ3) is 2.06. The van der Waals surface area contributed by atoms with Gasteiger partial charge in [0.25, 0.3) is 0 Å². The summed E-state index contributed by atoms with van der Waals surface area (Å²) in [7, 11) is 0. The molecule has 0 aromatic heterocycles. The van der Waals surface area contributed by atoms with Crippen LogP contribution in [0.2, 0.25) is 0 Å². The van der Waals surface area contributed by atoms with Crippen LogP contribution in [0.3, 0.4) is 0 Å². The third-order valence-electron chi connectivity index (χ3n) is 4.87. The molecule has 0 aliphatic heterocycles. The average Bonchev–Trinajstić information content (AvgIpc) is 2.39. The number of fused-ring (bicyclic) bond motifs is 1. The van der Waals surface area contributed by atoms with Crippen LogP contribution in [-0.4, -0.2) is 10.7 Å². The Bertz CT molecular complexity index is 514. The summed E-state index contributed by atoms with van der Waals surface area (Å²) in [5.41, 5.74) is 3.08. The molecule has 1 aromatic carbocycles. The van der Waals surface area contributed by atoms with Gasteiger partial charge in [0.1, 0.15) is 0 Å². The molecule has 0 unspecified atom stereocenters. The van der Waals surface area contributed by atoms with Crippen LogP contribution in [0.1, 0.15) is 44.1 Å². The largest absolute Gasteiger partial charge is 0.385 e. The van der Waals surface area contributed by atoms with Crippen molar-refractivity contribution in [3.63, 3.8) is 0 Å². The maximum Gasteiger partial charge on any atom is 0.0963 e. The van der Waals surface area contributed by atoms with Gasteiger partial charge in [-0.1, -0.05) is 54.1 Å². The Morgan fingerprint density at radius 1 is 1.11 bits per heavy atom. The predicted octanol–water partition coefficient (Wildman–Crippen LogP) is 4.21. The Hall–Kier alpha value is -1.34. The van der Waals surface area contributed by atoms with Gasteiger partial charge in [0, 0.05) is 11.8 Å². The molecule has 0 heterocycles. The topological polar surface area (TPSA) is 20.2 Å². The summed E-state index contributed by atoms with van der Waals surface area (Å²) in [4.78, 5) is 0. The Morgan fingerprint density at radius 3 is 2.53 bits per heavy atom. The highest BCUT2D eigenvalue weighted by Gasteiger charge is 2.48. The number of aliphatic hydroxyl groups is 1. The molecule has 2 aliphatic rings. The first-order valence-electron chi connectivity index (χ1n) is 7.24. The second kappa shape index (κ2) is 4.64.